The highest BCUT2D eigenvalue weighted by Crippen LogP contribution is 2.35. The van der Waals surface area contributed by atoms with Gasteiger partial charge in [0.1, 0.15) is 6.10 Å². The van der Waals surface area contributed by atoms with Crippen LogP contribution in [-0.4, -0.2) is 17.3 Å². The second-order valence-electron chi connectivity index (χ2n) is 5.71. The van der Waals surface area contributed by atoms with Crippen molar-refractivity contribution in [3.05, 3.63) is 29.0 Å². The summed E-state index contributed by atoms with van der Waals surface area (Å²) in [4.78, 5) is 4.38. The Morgan fingerprint density at radius 3 is 2.55 bits per heavy atom. The van der Waals surface area contributed by atoms with Crippen LogP contribution in [0.5, 0.6) is 0 Å². The second-order valence-corrected chi connectivity index (χ2v) is 6.15. The Kier molecular flexibility index (Phi) is 4.01. The van der Waals surface area contributed by atoms with Crippen molar-refractivity contribution in [3.63, 3.8) is 0 Å². The predicted octanol–water partition coefficient (Wildman–Crippen LogP) is 3.71. The Bertz CT molecular complexity index is 584. The van der Waals surface area contributed by atoms with E-state index in [0.717, 1.165) is 0 Å². The summed E-state index contributed by atoms with van der Waals surface area (Å²) < 4.78 is 10.7. The lowest BCUT2D eigenvalue weighted by Gasteiger charge is -2.26. The average molecular weight is 296 g/mol. The van der Waals surface area contributed by atoms with Crippen molar-refractivity contribution < 1.29 is 9.26 Å². The normalized spacial score (nSPS) is 13.4. The minimum absolute atomic E-state index is 0.136. The quantitative estimate of drug-likeness (QED) is 0.874. The summed E-state index contributed by atoms with van der Waals surface area (Å²) in [7, 11) is 1.63. The topological polar surface area (TPSA) is 74.2 Å². The van der Waals surface area contributed by atoms with E-state index in [0.29, 0.717) is 28.0 Å². The highest BCUT2D eigenvalue weighted by Gasteiger charge is 2.30. The first-order valence-corrected chi connectivity index (χ1v) is 6.62. The number of anilines is 1. The molecular formula is C14H18ClN3O2. The van der Waals surface area contributed by atoms with E-state index in [2.05, 4.69) is 30.9 Å². The number of benzene rings is 1. The molecule has 0 aliphatic rings. The summed E-state index contributed by atoms with van der Waals surface area (Å²) in [6.45, 7) is 6.15. The van der Waals surface area contributed by atoms with E-state index in [-0.39, 0.29) is 11.5 Å². The molecule has 0 amide bonds. The highest BCUT2D eigenvalue weighted by atomic mass is 35.5. The lowest BCUT2D eigenvalue weighted by atomic mass is 9.88. The Balaban J connectivity index is 2.37. The van der Waals surface area contributed by atoms with Gasteiger partial charge in [-0.25, -0.2) is 0 Å². The predicted molar refractivity (Wildman–Crippen MR) is 78.4 cm³/mol. The molecule has 5 nitrogen and oxygen atoms in total. The molecule has 0 radical (unpaired) electrons. The average Bonchev–Trinajstić information content (AvgIpc) is 2.76. The maximum Gasteiger partial charge on any atom is 0.258 e. The zero-order valence-corrected chi connectivity index (χ0v) is 12.7. The van der Waals surface area contributed by atoms with E-state index < -0.39 is 0 Å². The van der Waals surface area contributed by atoms with Gasteiger partial charge < -0.3 is 15.0 Å². The van der Waals surface area contributed by atoms with Crippen molar-refractivity contribution in [1.29, 1.82) is 0 Å². The standard InChI is InChI=1S/C14H18ClN3O2/c1-14(2,3)11(19-4)12-17-13(20-18-12)8-5-9(15)7-10(16)6-8/h5-7,11H,16H2,1-4H3. The molecule has 1 unspecified atom stereocenters. The van der Waals surface area contributed by atoms with Gasteiger partial charge in [-0.3, -0.25) is 0 Å². The molecule has 1 aromatic carbocycles. The molecule has 1 atom stereocenters. The van der Waals surface area contributed by atoms with Crippen LogP contribution in [0.25, 0.3) is 11.5 Å². The Morgan fingerprint density at radius 1 is 1.30 bits per heavy atom. The molecular weight excluding hydrogens is 278 g/mol. The van der Waals surface area contributed by atoms with Crippen molar-refractivity contribution in [2.75, 3.05) is 12.8 Å². The number of hydrogen-bond donors (Lipinski definition) is 1. The summed E-state index contributed by atoms with van der Waals surface area (Å²) in [5, 5.41) is 4.52. The Labute approximate surface area is 123 Å². The van der Waals surface area contributed by atoms with Crippen LogP contribution in [0.15, 0.2) is 22.7 Å². The fourth-order valence-electron chi connectivity index (χ4n) is 2.04. The molecule has 6 heteroatoms. The number of nitrogens with zero attached hydrogens (tertiary/aromatic N) is 2. The van der Waals surface area contributed by atoms with Gasteiger partial charge in [-0.1, -0.05) is 37.5 Å². The fourth-order valence-corrected chi connectivity index (χ4v) is 2.28. The van der Waals surface area contributed by atoms with Crippen LogP contribution in [0.1, 0.15) is 32.7 Å². The third kappa shape index (κ3) is 3.11. The Morgan fingerprint density at radius 2 is 2.00 bits per heavy atom. The van der Waals surface area contributed by atoms with Gasteiger partial charge in [0.25, 0.3) is 5.89 Å². The molecule has 2 N–H and O–H groups in total. The molecule has 0 fully saturated rings. The van der Waals surface area contributed by atoms with Crippen LogP contribution in [0.2, 0.25) is 5.02 Å². The van der Waals surface area contributed by atoms with Crippen LogP contribution in [-0.2, 0) is 4.74 Å². The maximum atomic E-state index is 5.97. The van der Waals surface area contributed by atoms with Crippen molar-refractivity contribution in [2.45, 2.75) is 26.9 Å². The van der Waals surface area contributed by atoms with Crippen molar-refractivity contribution in [3.8, 4) is 11.5 Å². The number of hydrogen-bond acceptors (Lipinski definition) is 5. The SMILES string of the molecule is COC(c1noc(-c2cc(N)cc(Cl)c2)n1)C(C)(C)C. The molecule has 0 bridgehead atoms. The Hall–Kier alpha value is -1.59. The summed E-state index contributed by atoms with van der Waals surface area (Å²) in [6.07, 6.45) is -0.253. The van der Waals surface area contributed by atoms with E-state index in [1.165, 1.54) is 0 Å². The number of halogens is 1. The zero-order valence-electron chi connectivity index (χ0n) is 12.0. The zero-order chi connectivity index (χ0) is 14.9. The highest BCUT2D eigenvalue weighted by molar-refractivity contribution is 6.31. The van der Waals surface area contributed by atoms with Crippen LogP contribution in [0, 0.1) is 5.41 Å². The first-order chi connectivity index (χ1) is 9.31. The monoisotopic (exact) mass is 295 g/mol. The minimum atomic E-state index is -0.253. The van der Waals surface area contributed by atoms with E-state index in [9.17, 15) is 0 Å². The lowest BCUT2D eigenvalue weighted by molar-refractivity contribution is 0.00718. The smallest absolute Gasteiger partial charge is 0.258 e. The molecule has 0 aliphatic carbocycles. The van der Waals surface area contributed by atoms with E-state index in [1.807, 2.05) is 0 Å². The van der Waals surface area contributed by atoms with Gasteiger partial charge in [0.05, 0.1) is 0 Å². The minimum Gasteiger partial charge on any atom is -0.399 e. The largest absolute Gasteiger partial charge is 0.399 e. The van der Waals surface area contributed by atoms with Crippen LogP contribution in [0.4, 0.5) is 5.69 Å². The number of aromatic nitrogens is 2. The molecule has 0 saturated carbocycles. The number of rotatable bonds is 3. The van der Waals surface area contributed by atoms with Gasteiger partial charge in [-0.15, -0.1) is 0 Å². The second kappa shape index (κ2) is 5.42. The molecule has 1 aromatic heterocycles. The third-order valence-electron chi connectivity index (χ3n) is 2.87. The van der Waals surface area contributed by atoms with E-state index in [1.54, 1.807) is 25.3 Å². The van der Waals surface area contributed by atoms with Crippen LogP contribution in [0.3, 0.4) is 0 Å². The molecule has 0 aliphatic heterocycles. The van der Waals surface area contributed by atoms with Crippen LogP contribution < -0.4 is 5.73 Å². The molecule has 20 heavy (non-hydrogen) atoms. The third-order valence-corrected chi connectivity index (χ3v) is 3.08. The van der Waals surface area contributed by atoms with Crippen molar-refractivity contribution in [2.24, 2.45) is 5.41 Å². The maximum absolute atomic E-state index is 5.97. The van der Waals surface area contributed by atoms with E-state index in [4.69, 9.17) is 26.6 Å². The number of nitrogens with two attached hydrogens (primary N) is 1. The van der Waals surface area contributed by atoms with Gasteiger partial charge >= 0.3 is 0 Å². The van der Waals surface area contributed by atoms with Crippen molar-refractivity contribution >= 4 is 17.3 Å². The molecule has 1 heterocycles. The number of ether oxygens (including phenoxy) is 1. The molecule has 0 saturated heterocycles. The van der Waals surface area contributed by atoms with Gasteiger partial charge in [0, 0.05) is 23.4 Å². The first-order valence-electron chi connectivity index (χ1n) is 6.24. The summed E-state index contributed by atoms with van der Waals surface area (Å²) in [5.74, 6) is 0.883. The number of nitrogen functional groups attached to an aromatic ring is 1. The van der Waals surface area contributed by atoms with Gasteiger partial charge in [0.2, 0.25) is 5.82 Å². The molecule has 108 valence electrons. The first kappa shape index (κ1) is 14.8. The summed E-state index contributed by atoms with van der Waals surface area (Å²) >= 11 is 5.97. The fraction of sp³-hybridized carbons (Fsp3) is 0.429. The molecule has 2 rings (SSSR count). The molecule has 0 spiro atoms. The van der Waals surface area contributed by atoms with Gasteiger partial charge in [-0.2, -0.15) is 4.98 Å². The van der Waals surface area contributed by atoms with E-state index >= 15 is 0 Å². The summed E-state index contributed by atoms with van der Waals surface area (Å²) in [5.41, 5.74) is 6.86. The lowest BCUT2D eigenvalue weighted by Crippen LogP contribution is -2.21. The number of methoxy groups -OCH3 is 1. The van der Waals surface area contributed by atoms with Gasteiger partial charge in [-0.05, 0) is 23.6 Å². The van der Waals surface area contributed by atoms with Gasteiger partial charge in [0.15, 0.2) is 0 Å². The van der Waals surface area contributed by atoms with Crippen molar-refractivity contribution in [1.82, 2.24) is 10.1 Å². The molecule has 2 aromatic rings. The summed E-state index contributed by atoms with van der Waals surface area (Å²) in [6, 6.07) is 5.13. The van der Waals surface area contributed by atoms with Crippen LogP contribution >= 0.6 is 11.6 Å².